The maximum Gasteiger partial charge on any atom is 0.268 e. The third-order valence-corrected chi connectivity index (χ3v) is 7.10. The minimum atomic E-state index is -0.510. The Balaban J connectivity index is 1.81. The summed E-state index contributed by atoms with van der Waals surface area (Å²) in [7, 11) is 0. The van der Waals surface area contributed by atoms with Crippen molar-refractivity contribution in [3.8, 4) is 11.1 Å². The van der Waals surface area contributed by atoms with Crippen molar-refractivity contribution < 1.29 is 9.59 Å². The predicted octanol–water partition coefficient (Wildman–Crippen LogP) is 9.13. The van der Waals surface area contributed by atoms with Crippen molar-refractivity contribution in [2.45, 2.75) is 57.8 Å². The Bertz CT molecular complexity index is 1140. The fourth-order valence-electron chi connectivity index (χ4n) is 4.12. The maximum atomic E-state index is 13.7. The summed E-state index contributed by atoms with van der Waals surface area (Å²) in [6.45, 7) is 0. The molecule has 2 amide bonds. The second-order valence-corrected chi connectivity index (χ2v) is 10.3. The summed E-state index contributed by atoms with van der Waals surface area (Å²) < 4.78 is 0. The monoisotopic (exact) mass is 588 g/mol. The van der Waals surface area contributed by atoms with Crippen molar-refractivity contribution in [2.75, 3.05) is 10.2 Å². The summed E-state index contributed by atoms with van der Waals surface area (Å²) in [5.41, 5.74) is 2.24. The van der Waals surface area contributed by atoms with Gasteiger partial charge >= 0.3 is 0 Å². The SMILES string of the molecule is O=C(CCCCCCCCCCBr)N(C(=O)c1cccnc1Cl)c1cc(Cl)ccc1-c1ccccc1. The average Bonchev–Trinajstić information content (AvgIpc) is 2.88. The van der Waals surface area contributed by atoms with Crippen LogP contribution in [0.3, 0.4) is 0 Å². The minimum absolute atomic E-state index is 0.0588. The van der Waals surface area contributed by atoms with Crippen LogP contribution in [0.2, 0.25) is 10.2 Å². The van der Waals surface area contributed by atoms with E-state index in [4.69, 9.17) is 23.2 Å². The number of aromatic nitrogens is 1. The molecule has 190 valence electrons. The topological polar surface area (TPSA) is 50.3 Å². The zero-order valence-electron chi connectivity index (χ0n) is 20.3. The highest BCUT2D eigenvalue weighted by Crippen LogP contribution is 2.35. The zero-order valence-corrected chi connectivity index (χ0v) is 23.4. The number of imide groups is 1. The fraction of sp³-hybridized carbons (Fsp3) is 0.345. The summed E-state index contributed by atoms with van der Waals surface area (Å²) in [5.74, 6) is -0.791. The fourth-order valence-corrected chi connectivity index (χ4v) is 4.88. The molecule has 0 atom stereocenters. The Morgan fingerprint density at radius 2 is 1.47 bits per heavy atom. The first kappa shape index (κ1) is 28.4. The second kappa shape index (κ2) is 15.1. The molecular formula is C29H31BrCl2N2O2. The third-order valence-electron chi connectivity index (χ3n) is 6.00. The molecule has 2 aromatic carbocycles. The van der Waals surface area contributed by atoms with Crippen molar-refractivity contribution in [3.63, 3.8) is 0 Å². The molecule has 0 saturated heterocycles. The van der Waals surface area contributed by atoms with Gasteiger partial charge < -0.3 is 0 Å². The number of alkyl halides is 1. The van der Waals surface area contributed by atoms with E-state index in [1.165, 1.54) is 36.8 Å². The molecule has 0 bridgehead atoms. The molecule has 0 aliphatic rings. The molecule has 0 fully saturated rings. The number of unbranched alkanes of at least 4 members (excludes halogenated alkanes) is 7. The normalized spacial score (nSPS) is 10.9. The van der Waals surface area contributed by atoms with E-state index in [0.29, 0.717) is 17.1 Å². The Morgan fingerprint density at radius 1 is 0.806 bits per heavy atom. The van der Waals surface area contributed by atoms with Crippen molar-refractivity contribution in [3.05, 3.63) is 82.6 Å². The van der Waals surface area contributed by atoms with Gasteiger partial charge in [-0.3, -0.25) is 9.59 Å². The Labute approximate surface area is 232 Å². The van der Waals surface area contributed by atoms with E-state index < -0.39 is 5.91 Å². The molecule has 1 heterocycles. The van der Waals surface area contributed by atoms with Crippen molar-refractivity contribution in [1.29, 1.82) is 0 Å². The molecule has 0 spiro atoms. The molecule has 0 radical (unpaired) electrons. The maximum absolute atomic E-state index is 13.7. The Hall–Kier alpha value is -2.21. The molecule has 0 unspecified atom stereocenters. The number of rotatable bonds is 13. The highest BCUT2D eigenvalue weighted by molar-refractivity contribution is 9.09. The van der Waals surface area contributed by atoms with Gasteiger partial charge in [-0.15, -0.1) is 0 Å². The summed E-state index contributed by atoms with van der Waals surface area (Å²) in [6.07, 6.45) is 10.6. The van der Waals surface area contributed by atoms with Crippen LogP contribution in [0.15, 0.2) is 66.9 Å². The first-order valence-corrected chi connectivity index (χ1v) is 14.3. The standard InChI is InChI=1S/C29H31BrCl2N2O2/c30-19-11-6-4-2-1-3-5-10-16-27(35)34(29(36)25-15-12-20-33-28(25)32)26-21-23(31)17-18-24(26)22-13-8-7-9-14-22/h7-9,12-15,17-18,20-21H,1-6,10-11,16,19H2. The van der Waals surface area contributed by atoms with E-state index >= 15 is 0 Å². The number of amides is 2. The number of nitrogens with zero attached hydrogens (tertiary/aromatic N) is 2. The number of carbonyl (C=O) groups excluding carboxylic acids is 2. The van der Waals surface area contributed by atoms with Crippen LogP contribution in [0, 0.1) is 0 Å². The van der Waals surface area contributed by atoms with Crippen LogP contribution < -0.4 is 4.90 Å². The molecule has 0 N–H and O–H groups in total. The largest absolute Gasteiger partial charge is 0.274 e. The lowest BCUT2D eigenvalue weighted by Crippen LogP contribution is -2.37. The van der Waals surface area contributed by atoms with Gasteiger partial charge in [0.05, 0.1) is 11.3 Å². The molecule has 0 aliphatic carbocycles. The number of hydrogen-bond donors (Lipinski definition) is 0. The lowest BCUT2D eigenvalue weighted by molar-refractivity contribution is -0.118. The van der Waals surface area contributed by atoms with Crippen molar-refractivity contribution >= 4 is 56.6 Å². The Kier molecular flexibility index (Phi) is 11.9. The van der Waals surface area contributed by atoms with E-state index in [9.17, 15) is 9.59 Å². The van der Waals surface area contributed by atoms with Crippen LogP contribution in [-0.4, -0.2) is 22.1 Å². The first-order valence-electron chi connectivity index (χ1n) is 12.4. The van der Waals surface area contributed by atoms with Gasteiger partial charge in [0.1, 0.15) is 5.15 Å². The van der Waals surface area contributed by atoms with Gasteiger partial charge in [0.25, 0.3) is 5.91 Å². The number of pyridine rings is 1. The molecule has 0 saturated carbocycles. The van der Waals surface area contributed by atoms with Crippen molar-refractivity contribution in [2.24, 2.45) is 0 Å². The van der Waals surface area contributed by atoms with Gasteiger partial charge in [-0.05, 0) is 42.7 Å². The number of halogens is 3. The molecule has 3 rings (SSSR count). The van der Waals surface area contributed by atoms with E-state index in [1.54, 1.807) is 24.3 Å². The summed E-state index contributed by atoms with van der Waals surface area (Å²) in [4.78, 5) is 32.5. The van der Waals surface area contributed by atoms with E-state index in [0.717, 1.165) is 35.7 Å². The summed E-state index contributed by atoms with van der Waals surface area (Å²) >= 11 is 16.1. The average molecular weight is 590 g/mol. The third kappa shape index (κ3) is 8.16. The highest BCUT2D eigenvalue weighted by atomic mass is 79.9. The van der Waals surface area contributed by atoms with Gasteiger partial charge in [0.2, 0.25) is 5.91 Å². The van der Waals surface area contributed by atoms with Crippen LogP contribution >= 0.6 is 39.1 Å². The number of anilines is 1. The van der Waals surface area contributed by atoms with Gasteiger partial charge in [0.15, 0.2) is 0 Å². The number of hydrogen-bond acceptors (Lipinski definition) is 3. The molecule has 4 nitrogen and oxygen atoms in total. The molecular weight excluding hydrogens is 559 g/mol. The minimum Gasteiger partial charge on any atom is -0.274 e. The van der Waals surface area contributed by atoms with Crippen molar-refractivity contribution in [1.82, 2.24) is 4.98 Å². The van der Waals surface area contributed by atoms with Crippen LogP contribution in [-0.2, 0) is 4.79 Å². The molecule has 0 aliphatic heterocycles. The van der Waals surface area contributed by atoms with E-state index in [2.05, 4.69) is 20.9 Å². The molecule has 1 aromatic heterocycles. The summed E-state index contributed by atoms with van der Waals surface area (Å²) in [5, 5.41) is 1.56. The van der Waals surface area contributed by atoms with Gasteiger partial charge in [-0.2, -0.15) is 0 Å². The lowest BCUT2D eigenvalue weighted by atomic mass is 10.0. The van der Waals surface area contributed by atoms with Gasteiger partial charge in [0, 0.05) is 28.5 Å². The first-order chi connectivity index (χ1) is 17.5. The van der Waals surface area contributed by atoms with Crippen LogP contribution in [0.5, 0.6) is 0 Å². The highest BCUT2D eigenvalue weighted by Gasteiger charge is 2.28. The quantitative estimate of drug-likeness (QED) is 0.113. The van der Waals surface area contributed by atoms with E-state index in [-0.39, 0.29) is 23.0 Å². The number of benzene rings is 2. The van der Waals surface area contributed by atoms with Crippen LogP contribution in [0.1, 0.15) is 68.1 Å². The zero-order chi connectivity index (χ0) is 25.8. The van der Waals surface area contributed by atoms with Crippen LogP contribution in [0.25, 0.3) is 11.1 Å². The van der Waals surface area contributed by atoms with Gasteiger partial charge in [-0.1, -0.05) is 114 Å². The number of carbonyl (C=O) groups is 2. The second-order valence-electron chi connectivity index (χ2n) is 8.67. The summed E-state index contributed by atoms with van der Waals surface area (Å²) in [6, 6.07) is 18.1. The van der Waals surface area contributed by atoms with Gasteiger partial charge in [-0.25, -0.2) is 9.88 Å². The lowest BCUT2D eigenvalue weighted by Gasteiger charge is -2.24. The van der Waals surface area contributed by atoms with Crippen LogP contribution in [0.4, 0.5) is 5.69 Å². The molecule has 3 aromatic rings. The Morgan fingerprint density at radius 3 is 2.14 bits per heavy atom. The van der Waals surface area contributed by atoms with E-state index in [1.807, 2.05) is 36.4 Å². The predicted molar refractivity (Wildman–Crippen MR) is 153 cm³/mol. The molecule has 36 heavy (non-hydrogen) atoms. The smallest absolute Gasteiger partial charge is 0.268 e. The molecule has 7 heteroatoms.